The van der Waals surface area contributed by atoms with Crippen LogP contribution in [0.4, 0.5) is 0 Å². The van der Waals surface area contributed by atoms with Crippen LogP contribution in [0.2, 0.25) is 0 Å². The van der Waals surface area contributed by atoms with Gasteiger partial charge in [-0.05, 0) is 57.2 Å². The minimum absolute atomic E-state index is 0.268. The number of aromatic amines is 1. The maximum atomic E-state index is 5.86. The average molecular weight is 230 g/mol. The summed E-state index contributed by atoms with van der Waals surface area (Å²) in [5.74, 6) is 0. The number of nitrogens with one attached hydrogen (secondary N) is 1. The lowest BCUT2D eigenvalue weighted by Gasteiger charge is -2.07. The maximum Gasteiger partial charge on any atom is 0.0491 e. The molecule has 1 heterocycles. The first kappa shape index (κ1) is 12.2. The maximum absolute atomic E-state index is 5.86. The summed E-state index contributed by atoms with van der Waals surface area (Å²) >= 11 is 0. The van der Waals surface area contributed by atoms with Gasteiger partial charge in [-0.3, -0.25) is 0 Å². The van der Waals surface area contributed by atoms with E-state index in [1.54, 1.807) is 0 Å². The summed E-state index contributed by atoms with van der Waals surface area (Å²) in [5, 5.41) is 1.41. The molecule has 0 aliphatic rings. The Morgan fingerprint density at radius 3 is 2.47 bits per heavy atom. The van der Waals surface area contributed by atoms with Crippen LogP contribution in [0.5, 0.6) is 0 Å². The van der Waals surface area contributed by atoms with Crippen LogP contribution in [-0.4, -0.2) is 11.0 Å². The van der Waals surface area contributed by atoms with E-state index in [9.17, 15) is 0 Å². The van der Waals surface area contributed by atoms with Crippen molar-refractivity contribution in [2.24, 2.45) is 5.73 Å². The molecule has 2 heteroatoms. The zero-order chi connectivity index (χ0) is 12.6. The molecule has 0 saturated heterocycles. The predicted octanol–water partition coefficient (Wildman–Crippen LogP) is 3.37. The molecule has 1 atom stereocenters. The fraction of sp³-hybridized carbons (Fsp3) is 0.467. The second-order valence-electron chi connectivity index (χ2n) is 5.19. The minimum Gasteiger partial charge on any atom is -0.358 e. The van der Waals surface area contributed by atoms with Crippen molar-refractivity contribution >= 4 is 10.9 Å². The van der Waals surface area contributed by atoms with Gasteiger partial charge in [0.05, 0.1) is 0 Å². The first-order valence-electron chi connectivity index (χ1n) is 6.33. The van der Waals surface area contributed by atoms with E-state index >= 15 is 0 Å². The molecule has 1 unspecified atom stereocenters. The third-order valence-electron chi connectivity index (χ3n) is 3.54. The van der Waals surface area contributed by atoms with Crippen LogP contribution in [-0.2, 0) is 6.42 Å². The fourth-order valence-electron chi connectivity index (χ4n) is 2.50. The van der Waals surface area contributed by atoms with Gasteiger partial charge in [0, 0.05) is 22.6 Å². The summed E-state index contributed by atoms with van der Waals surface area (Å²) in [6.07, 6.45) is 2.11. The van der Waals surface area contributed by atoms with Crippen molar-refractivity contribution in [1.82, 2.24) is 4.98 Å². The van der Waals surface area contributed by atoms with E-state index in [1.807, 2.05) is 0 Å². The number of hydrogen-bond acceptors (Lipinski definition) is 1. The number of hydrogen-bond donors (Lipinski definition) is 2. The monoisotopic (exact) mass is 230 g/mol. The topological polar surface area (TPSA) is 41.8 Å². The lowest BCUT2D eigenvalue weighted by molar-refractivity contribution is 0.666. The van der Waals surface area contributed by atoms with Gasteiger partial charge in [-0.1, -0.05) is 12.1 Å². The van der Waals surface area contributed by atoms with Crippen molar-refractivity contribution in [1.29, 1.82) is 0 Å². The number of aryl methyl sites for hydroxylation is 4. The average Bonchev–Trinajstić information content (AvgIpc) is 2.59. The molecule has 2 nitrogen and oxygen atoms in total. The van der Waals surface area contributed by atoms with E-state index < -0.39 is 0 Å². The van der Waals surface area contributed by atoms with Crippen molar-refractivity contribution in [3.63, 3.8) is 0 Å². The molecule has 17 heavy (non-hydrogen) atoms. The lowest BCUT2D eigenvalue weighted by atomic mass is 9.99. The Bertz CT molecular complexity index is 535. The van der Waals surface area contributed by atoms with E-state index in [1.165, 1.54) is 33.3 Å². The highest BCUT2D eigenvalue weighted by atomic mass is 14.7. The third-order valence-corrected chi connectivity index (χ3v) is 3.54. The molecule has 0 amide bonds. The normalized spacial score (nSPS) is 13.2. The summed E-state index contributed by atoms with van der Waals surface area (Å²) in [7, 11) is 0. The second kappa shape index (κ2) is 4.53. The van der Waals surface area contributed by atoms with E-state index in [0.29, 0.717) is 0 Å². The molecule has 1 aromatic carbocycles. The van der Waals surface area contributed by atoms with E-state index in [4.69, 9.17) is 5.73 Å². The molecule has 2 aromatic rings. The highest BCUT2D eigenvalue weighted by molar-refractivity contribution is 5.90. The summed E-state index contributed by atoms with van der Waals surface area (Å²) in [4.78, 5) is 3.52. The Labute approximate surface area is 103 Å². The number of benzene rings is 1. The second-order valence-corrected chi connectivity index (χ2v) is 5.19. The lowest BCUT2D eigenvalue weighted by Crippen LogP contribution is -2.15. The third kappa shape index (κ3) is 2.22. The first-order valence-corrected chi connectivity index (χ1v) is 6.33. The number of nitrogens with two attached hydrogens (primary N) is 1. The van der Waals surface area contributed by atoms with E-state index in [2.05, 4.69) is 44.8 Å². The molecule has 0 spiro atoms. The number of fused-ring (bicyclic) bond motifs is 1. The van der Waals surface area contributed by atoms with Gasteiger partial charge in [-0.15, -0.1) is 0 Å². The van der Waals surface area contributed by atoms with Crippen LogP contribution in [0, 0.1) is 20.8 Å². The van der Waals surface area contributed by atoms with Crippen molar-refractivity contribution < 1.29 is 0 Å². The summed E-state index contributed by atoms with van der Waals surface area (Å²) in [5.41, 5.74) is 12.6. The molecule has 3 N–H and O–H groups in total. The molecule has 92 valence electrons. The van der Waals surface area contributed by atoms with Crippen LogP contribution in [0.3, 0.4) is 0 Å². The zero-order valence-electron chi connectivity index (χ0n) is 11.2. The smallest absolute Gasteiger partial charge is 0.0491 e. The first-order chi connectivity index (χ1) is 8.00. The molecule has 0 aliphatic heterocycles. The quantitative estimate of drug-likeness (QED) is 0.834. The van der Waals surface area contributed by atoms with Gasteiger partial charge in [-0.25, -0.2) is 0 Å². The van der Waals surface area contributed by atoms with E-state index in [-0.39, 0.29) is 6.04 Å². The highest BCUT2D eigenvalue weighted by Crippen LogP contribution is 2.28. The number of aromatic nitrogens is 1. The van der Waals surface area contributed by atoms with Crippen molar-refractivity contribution in [2.75, 3.05) is 0 Å². The molecule has 1 aromatic heterocycles. The molecule has 0 saturated carbocycles. The van der Waals surface area contributed by atoms with Crippen molar-refractivity contribution in [2.45, 2.75) is 46.6 Å². The van der Waals surface area contributed by atoms with Gasteiger partial charge in [0.15, 0.2) is 0 Å². The van der Waals surface area contributed by atoms with Crippen LogP contribution in [0.1, 0.15) is 35.7 Å². The molecule has 0 fully saturated rings. The molecule has 0 aliphatic carbocycles. The predicted molar refractivity (Wildman–Crippen MR) is 74.5 cm³/mol. The van der Waals surface area contributed by atoms with Crippen LogP contribution in [0.15, 0.2) is 12.1 Å². The van der Waals surface area contributed by atoms with Gasteiger partial charge in [0.1, 0.15) is 0 Å². The van der Waals surface area contributed by atoms with Gasteiger partial charge in [-0.2, -0.15) is 0 Å². The van der Waals surface area contributed by atoms with E-state index in [0.717, 1.165) is 12.8 Å². The van der Waals surface area contributed by atoms with Crippen molar-refractivity contribution in [3.8, 4) is 0 Å². The summed E-state index contributed by atoms with van der Waals surface area (Å²) < 4.78 is 0. The van der Waals surface area contributed by atoms with Gasteiger partial charge in [0.2, 0.25) is 0 Å². The molecular formula is C15H22N2. The minimum atomic E-state index is 0.268. The summed E-state index contributed by atoms with van der Waals surface area (Å²) in [6.45, 7) is 8.58. The Kier molecular flexibility index (Phi) is 3.25. The van der Waals surface area contributed by atoms with Gasteiger partial charge < -0.3 is 10.7 Å². The Balaban J connectivity index is 2.54. The molecular weight excluding hydrogens is 208 g/mol. The van der Waals surface area contributed by atoms with Crippen LogP contribution < -0.4 is 5.73 Å². The molecule has 0 radical (unpaired) electrons. The fourth-order valence-corrected chi connectivity index (χ4v) is 2.50. The van der Waals surface area contributed by atoms with Crippen LogP contribution >= 0.6 is 0 Å². The van der Waals surface area contributed by atoms with Gasteiger partial charge >= 0.3 is 0 Å². The molecule has 0 bridgehead atoms. The van der Waals surface area contributed by atoms with Crippen LogP contribution in [0.25, 0.3) is 10.9 Å². The number of rotatable bonds is 3. The molecule has 2 rings (SSSR count). The summed E-state index contributed by atoms with van der Waals surface area (Å²) in [6, 6.07) is 4.66. The van der Waals surface area contributed by atoms with Crippen molar-refractivity contribution in [3.05, 3.63) is 34.5 Å². The standard InChI is InChI=1S/C15H22N2/c1-9-5-6-10(2)15-14(9)13(12(4)17-15)8-7-11(3)16/h5-6,11,17H,7-8,16H2,1-4H3. The Hall–Kier alpha value is -1.28. The Morgan fingerprint density at radius 2 is 1.82 bits per heavy atom. The highest BCUT2D eigenvalue weighted by Gasteiger charge is 2.12. The van der Waals surface area contributed by atoms with Gasteiger partial charge in [0.25, 0.3) is 0 Å². The number of H-pyrrole nitrogens is 1. The Morgan fingerprint density at radius 1 is 1.18 bits per heavy atom. The SMILES string of the molecule is Cc1[nH]c2c(C)ccc(C)c2c1CCC(C)N. The zero-order valence-corrected chi connectivity index (χ0v) is 11.2. The largest absolute Gasteiger partial charge is 0.358 e.